The number of carbonyl (C=O) groups is 2. The topological polar surface area (TPSA) is 95.1 Å². The van der Waals surface area contributed by atoms with Gasteiger partial charge in [-0.05, 0) is 34.3 Å². The van der Waals surface area contributed by atoms with Crippen LogP contribution in [0.2, 0.25) is 0 Å². The second kappa shape index (κ2) is 6.54. The molecule has 6 nitrogen and oxygen atoms in total. The van der Waals surface area contributed by atoms with Crippen molar-refractivity contribution in [1.29, 1.82) is 0 Å². The Labute approximate surface area is 141 Å². The largest absolute Gasteiger partial charge is 0.481 e. The number of benzene rings is 1. The number of hydrogen-bond donors (Lipinski definition) is 3. The molecule has 1 aliphatic carbocycles. The maximum absolute atomic E-state index is 12.5. The molecule has 3 N–H and O–H groups in total. The molecule has 1 amide bonds. The Morgan fingerprint density at radius 3 is 2.65 bits per heavy atom. The molecule has 0 bridgehead atoms. The zero-order valence-corrected chi connectivity index (χ0v) is 13.8. The Bertz CT molecular complexity index is 725. The highest BCUT2D eigenvalue weighted by Crippen LogP contribution is 2.42. The van der Waals surface area contributed by atoms with Crippen molar-refractivity contribution in [1.82, 2.24) is 15.5 Å². The summed E-state index contributed by atoms with van der Waals surface area (Å²) in [6.45, 7) is 0. The predicted octanol–water partition coefficient (Wildman–Crippen LogP) is 3.00. The third-order valence-corrected chi connectivity index (χ3v) is 4.62. The maximum atomic E-state index is 12.5. The first-order valence-electron chi connectivity index (χ1n) is 7.37. The highest BCUT2D eigenvalue weighted by atomic mass is 79.9. The highest BCUT2D eigenvalue weighted by Gasteiger charge is 2.31. The van der Waals surface area contributed by atoms with Crippen LogP contribution in [0.1, 0.15) is 53.0 Å². The van der Waals surface area contributed by atoms with Gasteiger partial charge < -0.3 is 10.4 Å². The number of halogens is 1. The molecule has 0 aliphatic heterocycles. The lowest BCUT2D eigenvalue weighted by Crippen LogP contribution is -2.30. The van der Waals surface area contributed by atoms with Crippen LogP contribution in [0, 0.1) is 0 Å². The molecule has 1 unspecified atom stereocenters. The van der Waals surface area contributed by atoms with Crippen LogP contribution < -0.4 is 5.32 Å². The quantitative estimate of drug-likeness (QED) is 0.720. The lowest BCUT2D eigenvalue weighted by molar-refractivity contribution is -0.137. The van der Waals surface area contributed by atoms with Gasteiger partial charge in [0.25, 0.3) is 5.91 Å². The molecule has 0 spiro atoms. The Balaban J connectivity index is 1.79. The molecule has 1 aromatic heterocycles. The normalized spacial score (nSPS) is 15.2. The Kier molecular flexibility index (Phi) is 4.47. The zero-order valence-electron chi connectivity index (χ0n) is 12.3. The van der Waals surface area contributed by atoms with Crippen molar-refractivity contribution >= 4 is 27.8 Å². The molecule has 1 heterocycles. The minimum Gasteiger partial charge on any atom is -0.481 e. The van der Waals surface area contributed by atoms with Crippen molar-refractivity contribution in [3.05, 3.63) is 51.8 Å². The lowest BCUT2D eigenvalue weighted by atomic mass is 10.0. The van der Waals surface area contributed by atoms with Crippen LogP contribution in [0.25, 0.3) is 0 Å². The van der Waals surface area contributed by atoms with Crippen molar-refractivity contribution in [2.75, 3.05) is 0 Å². The number of carboxylic acid groups (broad SMARTS) is 1. The summed E-state index contributed by atoms with van der Waals surface area (Å²) in [7, 11) is 0. The number of aromatic nitrogens is 2. The summed E-state index contributed by atoms with van der Waals surface area (Å²) < 4.78 is 0.666. The molecule has 0 saturated heterocycles. The summed E-state index contributed by atoms with van der Waals surface area (Å²) in [6.07, 6.45) is 1.99. The van der Waals surface area contributed by atoms with Gasteiger partial charge in [-0.2, -0.15) is 5.10 Å². The predicted molar refractivity (Wildman–Crippen MR) is 87.2 cm³/mol. The molecule has 120 valence electrons. The number of nitrogens with one attached hydrogen (secondary N) is 2. The standard InChI is InChI=1S/C16H16BrN3O3/c17-13-14(10-6-7-10)19-20-15(13)16(23)18-11(8-12(21)22)9-4-2-1-3-5-9/h1-5,10-11H,6-8H2,(H,18,23)(H,19,20)(H,21,22). The van der Waals surface area contributed by atoms with Crippen LogP contribution in [-0.2, 0) is 4.79 Å². The fourth-order valence-corrected chi connectivity index (χ4v) is 3.15. The number of carbonyl (C=O) groups excluding carboxylic acids is 1. The second-order valence-electron chi connectivity index (χ2n) is 5.61. The van der Waals surface area contributed by atoms with Crippen molar-refractivity contribution in [2.24, 2.45) is 0 Å². The van der Waals surface area contributed by atoms with Gasteiger partial charge in [-0.3, -0.25) is 14.7 Å². The molecule has 1 aromatic carbocycles. The number of H-pyrrole nitrogens is 1. The molecule has 1 saturated carbocycles. The summed E-state index contributed by atoms with van der Waals surface area (Å²) >= 11 is 3.42. The highest BCUT2D eigenvalue weighted by molar-refractivity contribution is 9.10. The summed E-state index contributed by atoms with van der Waals surface area (Å²) in [5, 5.41) is 18.8. The first-order chi connectivity index (χ1) is 11.1. The van der Waals surface area contributed by atoms with Crippen molar-refractivity contribution in [2.45, 2.75) is 31.2 Å². The summed E-state index contributed by atoms with van der Waals surface area (Å²) in [5.41, 5.74) is 1.94. The van der Waals surface area contributed by atoms with Gasteiger partial charge in [0.1, 0.15) is 0 Å². The smallest absolute Gasteiger partial charge is 0.305 e. The van der Waals surface area contributed by atoms with Gasteiger partial charge in [-0.15, -0.1) is 0 Å². The fraction of sp³-hybridized carbons (Fsp3) is 0.312. The molecular formula is C16H16BrN3O3. The average molecular weight is 378 g/mol. The van der Waals surface area contributed by atoms with Crippen LogP contribution in [0.3, 0.4) is 0 Å². The Morgan fingerprint density at radius 2 is 2.04 bits per heavy atom. The van der Waals surface area contributed by atoms with E-state index in [4.69, 9.17) is 5.11 Å². The van der Waals surface area contributed by atoms with E-state index in [9.17, 15) is 9.59 Å². The number of amides is 1. The van der Waals surface area contributed by atoms with Gasteiger partial charge in [-0.25, -0.2) is 0 Å². The minimum absolute atomic E-state index is 0.187. The zero-order chi connectivity index (χ0) is 16.4. The average Bonchev–Trinajstić information content (AvgIpc) is 3.29. The fourth-order valence-electron chi connectivity index (χ4n) is 2.47. The molecule has 1 atom stereocenters. The Hall–Kier alpha value is -2.15. The van der Waals surface area contributed by atoms with E-state index in [0.717, 1.165) is 24.1 Å². The van der Waals surface area contributed by atoms with Gasteiger partial charge in [0.15, 0.2) is 5.69 Å². The van der Waals surface area contributed by atoms with Gasteiger partial charge in [0.2, 0.25) is 0 Å². The summed E-state index contributed by atoms with van der Waals surface area (Å²) in [4.78, 5) is 23.6. The first-order valence-corrected chi connectivity index (χ1v) is 8.17. The van der Waals surface area contributed by atoms with Gasteiger partial charge in [-0.1, -0.05) is 30.3 Å². The first kappa shape index (κ1) is 15.7. The number of carboxylic acids is 1. The molecule has 23 heavy (non-hydrogen) atoms. The van der Waals surface area contributed by atoms with E-state index >= 15 is 0 Å². The number of aliphatic carboxylic acids is 1. The van der Waals surface area contributed by atoms with Crippen molar-refractivity contribution < 1.29 is 14.7 Å². The SMILES string of the molecule is O=C(O)CC(NC(=O)c1n[nH]c(C2CC2)c1Br)c1ccccc1. The van der Waals surface area contributed by atoms with E-state index in [1.807, 2.05) is 18.2 Å². The van der Waals surface area contributed by atoms with E-state index in [-0.39, 0.29) is 12.1 Å². The summed E-state index contributed by atoms with van der Waals surface area (Å²) in [6, 6.07) is 8.45. The Morgan fingerprint density at radius 1 is 1.35 bits per heavy atom. The number of nitrogens with zero attached hydrogens (tertiary/aromatic N) is 1. The second-order valence-corrected chi connectivity index (χ2v) is 6.40. The number of aromatic amines is 1. The molecular weight excluding hydrogens is 362 g/mol. The maximum Gasteiger partial charge on any atom is 0.305 e. The van der Waals surface area contributed by atoms with Crippen molar-refractivity contribution in [3.8, 4) is 0 Å². The van der Waals surface area contributed by atoms with Crippen molar-refractivity contribution in [3.63, 3.8) is 0 Å². The van der Waals surface area contributed by atoms with Crippen LogP contribution in [0.5, 0.6) is 0 Å². The van der Waals surface area contributed by atoms with Crippen LogP contribution in [0.4, 0.5) is 0 Å². The van der Waals surface area contributed by atoms with E-state index in [0.29, 0.717) is 10.4 Å². The van der Waals surface area contributed by atoms with E-state index in [1.165, 1.54) is 0 Å². The number of hydrogen-bond acceptors (Lipinski definition) is 3. The van der Waals surface area contributed by atoms with E-state index in [1.54, 1.807) is 12.1 Å². The molecule has 0 radical (unpaired) electrons. The number of rotatable bonds is 6. The summed E-state index contributed by atoms with van der Waals surface area (Å²) in [5.74, 6) is -0.934. The van der Waals surface area contributed by atoms with Gasteiger partial charge >= 0.3 is 5.97 Å². The van der Waals surface area contributed by atoms with Gasteiger partial charge in [0.05, 0.1) is 22.6 Å². The minimum atomic E-state index is -0.973. The van der Waals surface area contributed by atoms with Crippen LogP contribution in [-0.4, -0.2) is 27.2 Å². The van der Waals surface area contributed by atoms with E-state index < -0.39 is 17.9 Å². The van der Waals surface area contributed by atoms with Crippen LogP contribution >= 0.6 is 15.9 Å². The third-order valence-electron chi connectivity index (χ3n) is 3.82. The molecule has 1 aliphatic rings. The molecule has 1 fully saturated rings. The molecule has 7 heteroatoms. The van der Waals surface area contributed by atoms with Crippen LogP contribution in [0.15, 0.2) is 34.8 Å². The van der Waals surface area contributed by atoms with E-state index in [2.05, 4.69) is 31.4 Å². The molecule has 3 rings (SSSR count). The van der Waals surface area contributed by atoms with Gasteiger partial charge in [0, 0.05) is 5.92 Å². The lowest BCUT2D eigenvalue weighted by Gasteiger charge is -2.16. The third kappa shape index (κ3) is 3.61. The molecule has 2 aromatic rings. The monoisotopic (exact) mass is 377 g/mol.